The lowest BCUT2D eigenvalue weighted by Crippen LogP contribution is -2.33. The fourth-order valence-corrected chi connectivity index (χ4v) is 6.25. The summed E-state index contributed by atoms with van der Waals surface area (Å²) in [5.41, 5.74) is 3.15. The number of nitrogens with zero attached hydrogens (tertiary/aromatic N) is 6. The highest BCUT2D eigenvalue weighted by Crippen LogP contribution is 2.42. The zero-order valence-corrected chi connectivity index (χ0v) is 23.3. The van der Waals surface area contributed by atoms with E-state index in [9.17, 15) is 19.6 Å². The van der Waals surface area contributed by atoms with Crippen LogP contribution in [-0.2, 0) is 13.5 Å². The Morgan fingerprint density at radius 3 is 2.67 bits per heavy atom. The molecule has 5 aromatic rings. The third kappa shape index (κ3) is 4.69. The van der Waals surface area contributed by atoms with E-state index in [0.29, 0.717) is 40.1 Å². The second kappa shape index (κ2) is 10.0. The molecule has 0 saturated heterocycles. The number of benzene rings is 1. The van der Waals surface area contributed by atoms with E-state index in [0.717, 1.165) is 67.5 Å². The van der Waals surface area contributed by atoms with Gasteiger partial charge in [-0.3, -0.25) is 9.36 Å². The van der Waals surface area contributed by atoms with E-state index in [2.05, 4.69) is 21.3 Å². The van der Waals surface area contributed by atoms with E-state index in [1.54, 1.807) is 30.1 Å². The van der Waals surface area contributed by atoms with Gasteiger partial charge < -0.3 is 14.7 Å². The van der Waals surface area contributed by atoms with Crippen molar-refractivity contribution in [1.29, 1.82) is 5.26 Å². The molecule has 0 bridgehead atoms. The van der Waals surface area contributed by atoms with Crippen molar-refractivity contribution in [1.82, 2.24) is 29.3 Å². The van der Waals surface area contributed by atoms with Crippen LogP contribution < -0.4 is 5.56 Å². The average Bonchev–Trinajstić information content (AvgIpc) is 3.62. The van der Waals surface area contributed by atoms with Gasteiger partial charge in [0.25, 0.3) is 5.56 Å². The van der Waals surface area contributed by atoms with Crippen molar-refractivity contribution in [2.24, 2.45) is 7.05 Å². The molecule has 2 aliphatic carbocycles. The van der Waals surface area contributed by atoms with Crippen LogP contribution in [0.5, 0.6) is 0 Å². The van der Waals surface area contributed by atoms with Gasteiger partial charge in [-0.05, 0) is 67.1 Å². The second-order valence-corrected chi connectivity index (χ2v) is 11.7. The minimum absolute atomic E-state index is 0.269. The largest absolute Gasteiger partial charge is 0.389 e. The summed E-state index contributed by atoms with van der Waals surface area (Å²) in [6.45, 7) is 0. The highest BCUT2D eigenvalue weighted by molar-refractivity contribution is 5.86. The van der Waals surface area contributed by atoms with E-state index in [4.69, 9.17) is 4.98 Å². The van der Waals surface area contributed by atoms with Gasteiger partial charge in [-0.1, -0.05) is 25.3 Å². The lowest BCUT2D eigenvalue weighted by Gasteiger charge is -2.31. The molecule has 212 valence electrons. The smallest absolute Gasteiger partial charge is 0.280 e. The first kappa shape index (κ1) is 26.3. The molecule has 7 rings (SSSR count). The summed E-state index contributed by atoms with van der Waals surface area (Å²) < 4.78 is 17.6. The molecule has 2 saturated carbocycles. The number of fused-ring (bicyclic) bond motifs is 1. The first-order valence-electron chi connectivity index (χ1n) is 14.4. The summed E-state index contributed by atoms with van der Waals surface area (Å²) >= 11 is 0. The fraction of sp³-hybridized carbons (Fsp3) is 0.344. The summed E-state index contributed by atoms with van der Waals surface area (Å²) in [5.74, 6) is 0.771. The number of hydrogen-bond acceptors (Lipinski definition) is 6. The third-order valence-corrected chi connectivity index (χ3v) is 8.60. The number of hydrogen-bond donors (Lipinski definition) is 2. The Morgan fingerprint density at radius 2 is 1.95 bits per heavy atom. The summed E-state index contributed by atoms with van der Waals surface area (Å²) in [7, 11) is 1.80. The van der Waals surface area contributed by atoms with Gasteiger partial charge in [0.2, 0.25) is 0 Å². The number of aliphatic hydroxyl groups is 1. The third-order valence-electron chi connectivity index (χ3n) is 8.60. The lowest BCUT2D eigenvalue weighted by molar-refractivity contribution is 0.00381. The number of aromatic nitrogens is 6. The lowest BCUT2D eigenvalue weighted by atomic mass is 9.82. The SMILES string of the molecule is Cn1cnnc1-c1cc(F)ccc1-c1cc(C2CC2)nc(-n2cc(C#N)c3cc(CC4(O)CCCCC4)[nH]c3c2=O)c1. The molecular formula is C32H30FN7O2. The van der Waals surface area contributed by atoms with Crippen molar-refractivity contribution < 1.29 is 9.50 Å². The van der Waals surface area contributed by atoms with Crippen LogP contribution in [0, 0.1) is 17.1 Å². The average molecular weight is 564 g/mol. The summed E-state index contributed by atoms with van der Waals surface area (Å²) in [5, 5.41) is 29.9. The number of aromatic amines is 1. The number of pyridine rings is 2. The molecule has 4 aromatic heterocycles. The highest BCUT2D eigenvalue weighted by Gasteiger charge is 2.31. The van der Waals surface area contributed by atoms with E-state index in [-0.39, 0.29) is 11.5 Å². The molecule has 0 aliphatic heterocycles. The summed E-state index contributed by atoms with van der Waals surface area (Å²) in [6.07, 6.45) is 10.0. The molecule has 0 unspecified atom stereocenters. The van der Waals surface area contributed by atoms with Crippen molar-refractivity contribution in [3.05, 3.63) is 82.0 Å². The maximum Gasteiger partial charge on any atom is 0.280 e. The molecule has 2 aliphatic rings. The van der Waals surface area contributed by atoms with Gasteiger partial charge in [0.1, 0.15) is 29.5 Å². The molecule has 0 radical (unpaired) electrons. The quantitative estimate of drug-likeness (QED) is 0.289. The van der Waals surface area contributed by atoms with Crippen molar-refractivity contribution >= 4 is 10.9 Å². The predicted octanol–water partition coefficient (Wildman–Crippen LogP) is 5.30. The maximum absolute atomic E-state index is 14.4. The monoisotopic (exact) mass is 563 g/mol. The van der Waals surface area contributed by atoms with Crippen LogP contribution in [0.15, 0.2) is 53.7 Å². The van der Waals surface area contributed by atoms with E-state index >= 15 is 0 Å². The van der Waals surface area contributed by atoms with Gasteiger partial charge >= 0.3 is 0 Å². The highest BCUT2D eigenvalue weighted by atomic mass is 19.1. The topological polar surface area (TPSA) is 125 Å². The van der Waals surface area contributed by atoms with Gasteiger partial charge in [0.15, 0.2) is 5.82 Å². The minimum atomic E-state index is -0.810. The minimum Gasteiger partial charge on any atom is -0.389 e. The maximum atomic E-state index is 14.4. The summed E-state index contributed by atoms with van der Waals surface area (Å²) in [6, 6.07) is 12.4. The predicted molar refractivity (Wildman–Crippen MR) is 156 cm³/mol. The second-order valence-electron chi connectivity index (χ2n) is 11.7. The Bertz CT molecular complexity index is 1940. The Kier molecular flexibility index (Phi) is 6.28. The van der Waals surface area contributed by atoms with E-state index in [1.165, 1.54) is 22.9 Å². The van der Waals surface area contributed by atoms with Crippen LogP contribution >= 0.6 is 0 Å². The number of rotatable bonds is 6. The zero-order chi connectivity index (χ0) is 29.0. The summed E-state index contributed by atoms with van der Waals surface area (Å²) in [4.78, 5) is 22.0. The number of aryl methyl sites for hydroxylation is 1. The number of nitrogens with one attached hydrogen (secondary N) is 1. The van der Waals surface area contributed by atoms with Crippen molar-refractivity contribution in [2.45, 2.75) is 62.9 Å². The van der Waals surface area contributed by atoms with Crippen LogP contribution in [-0.4, -0.2) is 40.0 Å². The van der Waals surface area contributed by atoms with Gasteiger partial charge in [-0.2, -0.15) is 5.26 Å². The Balaban J connectivity index is 1.38. The van der Waals surface area contributed by atoms with Crippen molar-refractivity contribution in [2.75, 3.05) is 0 Å². The van der Waals surface area contributed by atoms with Gasteiger partial charge in [0.05, 0.1) is 11.2 Å². The number of nitriles is 1. The molecule has 0 amide bonds. The molecular weight excluding hydrogens is 533 g/mol. The normalized spacial score (nSPS) is 16.5. The van der Waals surface area contributed by atoms with Gasteiger partial charge in [-0.15, -0.1) is 10.2 Å². The first-order chi connectivity index (χ1) is 20.3. The standard InChI is InChI=1S/C32H30FN7O2/c1-39-18-35-38-30(39)26-13-22(33)7-8-24(26)20-11-27(19-5-6-19)37-28(12-20)40-17-21(16-34)25-14-23(36-29(25)31(40)41)15-32(42)9-3-2-4-10-32/h7-8,11-14,17-19,36,42H,2-6,9-10,15H2,1H3. The van der Waals surface area contributed by atoms with Gasteiger partial charge in [-0.25, -0.2) is 9.37 Å². The Hall–Kier alpha value is -4.62. The fourth-order valence-electron chi connectivity index (χ4n) is 6.25. The Morgan fingerprint density at radius 1 is 1.14 bits per heavy atom. The Labute approximate surface area is 241 Å². The van der Waals surface area contributed by atoms with Crippen molar-refractivity contribution in [3.63, 3.8) is 0 Å². The molecule has 2 N–H and O–H groups in total. The van der Waals surface area contributed by atoms with Crippen LogP contribution in [0.25, 0.3) is 39.2 Å². The molecule has 10 heteroatoms. The number of H-pyrrole nitrogens is 1. The van der Waals surface area contributed by atoms with Gasteiger partial charge in [0, 0.05) is 47.9 Å². The molecule has 4 heterocycles. The molecule has 9 nitrogen and oxygen atoms in total. The van der Waals surface area contributed by atoms with Crippen LogP contribution in [0.2, 0.25) is 0 Å². The molecule has 42 heavy (non-hydrogen) atoms. The van der Waals surface area contributed by atoms with E-state index in [1.807, 2.05) is 12.1 Å². The molecule has 0 spiro atoms. The van der Waals surface area contributed by atoms with Crippen molar-refractivity contribution in [3.8, 4) is 34.4 Å². The zero-order valence-electron chi connectivity index (χ0n) is 23.3. The molecule has 2 fully saturated rings. The van der Waals surface area contributed by atoms with Crippen LogP contribution in [0.1, 0.15) is 67.8 Å². The molecule has 1 aromatic carbocycles. The van der Waals surface area contributed by atoms with Crippen LogP contribution in [0.3, 0.4) is 0 Å². The number of halogens is 1. The first-order valence-corrected chi connectivity index (χ1v) is 14.4. The molecule has 0 atom stereocenters. The van der Waals surface area contributed by atoms with E-state index < -0.39 is 11.4 Å². The van der Waals surface area contributed by atoms with Crippen LogP contribution in [0.4, 0.5) is 4.39 Å².